The van der Waals surface area contributed by atoms with E-state index in [0.717, 1.165) is 6.42 Å². The predicted octanol–water partition coefficient (Wildman–Crippen LogP) is 5.50. The van der Waals surface area contributed by atoms with Gasteiger partial charge in [-0.05, 0) is 68.1 Å². The number of benzene rings is 1. The molecule has 2 nitrogen and oxygen atoms in total. The zero-order chi connectivity index (χ0) is 18.1. The van der Waals surface area contributed by atoms with Gasteiger partial charge < -0.3 is 10.8 Å². The van der Waals surface area contributed by atoms with Gasteiger partial charge >= 0.3 is 0 Å². The van der Waals surface area contributed by atoms with Crippen molar-refractivity contribution >= 4 is 0 Å². The second kappa shape index (κ2) is 10.3. The van der Waals surface area contributed by atoms with E-state index in [1.165, 1.54) is 81.8 Å². The van der Waals surface area contributed by atoms with Crippen molar-refractivity contribution in [3.8, 4) is 0 Å². The first-order valence-corrected chi connectivity index (χ1v) is 10.6. The molecule has 0 aromatic heterocycles. The van der Waals surface area contributed by atoms with Crippen molar-refractivity contribution < 1.29 is 5.11 Å². The summed E-state index contributed by atoms with van der Waals surface area (Å²) in [6.45, 7) is 4.32. The van der Waals surface area contributed by atoms with E-state index in [9.17, 15) is 5.11 Å². The highest BCUT2D eigenvalue weighted by Gasteiger charge is 2.26. The first-order valence-electron chi connectivity index (χ1n) is 10.6. The van der Waals surface area contributed by atoms with Gasteiger partial charge in [-0.15, -0.1) is 0 Å². The van der Waals surface area contributed by atoms with Crippen LogP contribution in [0.5, 0.6) is 0 Å². The van der Waals surface area contributed by atoms with Gasteiger partial charge in [0.2, 0.25) is 0 Å². The molecule has 0 saturated heterocycles. The summed E-state index contributed by atoms with van der Waals surface area (Å²) >= 11 is 0. The predicted molar refractivity (Wildman–Crippen MR) is 108 cm³/mol. The summed E-state index contributed by atoms with van der Waals surface area (Å²) in [5.74, 6) is 0.503. The van der Waals surface area contributed by atoms with E-state index in [2.05, 4.69) is 25.1 Å². The highest BCUT2D eigenvalue weighted by Crippen LogP contribution is 2.36. The van der Waals surface area contributed by atoms with Gasteiger partial charge in [-0.1, -0.05) is 63.6 Å². The van der Waals surface area contributed by atoms with Gasteiger partial charge in [-0.25, -0.2) is 0 Å². The molecule has 0 spiro atoms. The smallest absolute Gasteiger partial charge is 0.0608 e. The van der Waals surface area contributed by atoms with Crippen LogP contribution in [0.2, 0.25) is 0 Å². The van der Waals surface area contributed by atoms with Gasteiger partial charge in [0.25, 0.3) is 0 Å². The quantitative estimate of drug-likeness (QED) is 0.434. The fourth-order valence-electron chi connectivity index (χ4n) is 4.24. The first kappa shape index (κ1) is 20.5. The zero-order valence-electron chi connectivity index (χ0n) is 16.5. The molecule has 3 N–H and O–H groups in total. The van der Waals surface area contributed by atoms with Crippen LogP contribution in [0, 0.1) is 0 Å². The highest BCUT2D eigenvalue weighted by atomic mass is 16.3. The molecule has 0 aliphatic heterocycles. The zero-order valence-corrected chi connectivity index (χ0v) is 16.5. The number of aliphatic hydroxyl groups is 1. The number of aryl methyl sites for hydroxylation is 2. The molecule has 1 aromatic rings. The minimum absolute atomic E-state index is 0.0644. The molecule has 0 saturated carbocycles. The number of hydrogen-bond donors (Lipinski definition) is 2. The first-order chi connectivity index (χ1) is 12.1. The number of aliphatic hydroxyl groups excluding tert-OH is 1. The Labute approximate surface area is 155 Å². The van der Waals surface area contributed by atoms with Crippen molar-refractivity contribution in [2.24, 2.45) is 5.73 Å². The number of unbranched alkanes of at least 4 members (excludes halogenated alkanes) is 5. The molecule has 0 unspecified atom stereocenters. The third-order valence-corrected chi connectivity index (χ3v) is 5.79. The topological polar surface area (TPSA) is 46.2 Å². The van der Waals surface area contributed by atoms with Crippen molar-refractivity contribution in [3.63, 3.8) is 0 Å². The minimum atomic E-state index is -0.469. The van der Waals surface area contributed by atoms with Gasteiger partial charge in [0.15, 0.2) is 0 Å². The van der Waals surface area contributed by atoms with Crippen molar-refractivity contribution in [2.45, 2.75) is 102 Å². The Hall–Kier alpha value is -0.860. The maximum Gasteiger partial charge on any atom is 0.0608 e. The molecule has 1 aliphatic rings. The lowest BCUT2D eigenvalue weighted by Gasteiger charge is -2.28. The van der Waals surface area contributed by atoms with Gasteiger partial charge in [0.1, 0.15) is 0 Å². The van der Waals surface area contributed by atoms with E-state index in [1.807, 2.05) is 6.92 Å². The maximum absolute atomic E-state index is 9.54. The maximum atomic E-state index is 9.54. The molecule has 1 aliphatic carbocycles. The summed E-state index contributed by atoms with van der Waals surface area (Å²) in [7, 11) is 0. The van der Waals surface area contributed by atoms with Gasteiger partial charge in [0.05, 0.1) is 6.61 Å². The summed E-state index contributed by atoms with van der Waals surface area (Å²) < 4.78 is 0. The fraction of sp³-hybridized carbons (Fsp3) is 0.739. The van der Waals surface area contributed by atoms with Crippen LogP contribution >= 0.6 is 0 Å². The minimum Gasteiger partial charge on any atom is -0.394 e. The van der Waals surface area contributed by atoms with Crippen LogP contribution in [0.3, 0.4) is 0 Å². The van der Waals surface area contributed by atoms with Crippen LogP contribution in [0.1, 0.15) is 101 Å². The van der Waals surface area contributed by atoms with Crippen LogP contribution in [-0.4, -0.2) is 17.3 Å². The fourth-order valence-corrected chi connectivity index (χ4v) is 4.24. The molecular formula is C23H39NO. The molecule has 2 atom stereocenters. The Morgan fingerprint density at radius 2 is 1.88 bits per heavy atom. The number of nitrogens with two attached hydrogens (primary N) is 1. The second-order valence-electron chi connectivity index (χ2n) is 8.51. The third kappa shape index (κ3) is 6.75. The molecule has 1 aromatic carbocycles. The van der Waals surface area contributed by atoms with E-state index < -0.39 is 5.54 Å². The Morgan fingerprint density at radius 1 is 1.12 bits per heavy atom. The number of rotatable bonds is 10. The molecule has 25 heavy (non-hydrogen) atoms. The van der Waals surface area contributed by atoms with Crippen molar-refractivity contribution in [3.05, 3.63) is 34.9 Å². The van der Waals surface area contributed by atoms with Crippen LogP contribution in [0.15, 0.2) is 18.2 Å². The van der Waals surface area contributed by atoms with Crippen molar-refractivity contribution in [1.82, 2.24) is 0 Å². The second-order valence-corrected chi connectivity index (χ2v) is 8.51. The Balaban J connectivity index is 1.96. The summed E-state index contributed by atoms with van der Waals surface area (Å²) in [5, 5.41) is 9.54. The molecule has 0 fully saturated rings. The van der Waals surface area contributed by atoms with E-state index in [-0.39, 0.29) is 6.61 Å². The lowest BCUT2D eigenvalue weighted by molar-refractivity contribution is 0.191. The Bertz CT molecular complexity index is 509. The number of hydrogen-bond acceptors (Lipinski definition) is 2. The van der Waals surface area contributed by atoms with Crippen LogP contribution in [0.25, 0.3) is 0 Å². The SMILES string of the molecule is CCCCCCCCc1ccc2c(c1)CCCC[C@H]2C[C@](C)(N)CO. The molecule has 2 rings (SSSR count). The summed E-state index contributed by atoms with van der Waals surface area (Å²) in [4.78, 5) is 0. The summed E-state index contributed by atoms with van der Waals surface area (Å²) in [5.41, 5.74) is 10.3. The average Bonchev–Trinajstić information content (AvgIpc) is 2.79. The Kier molecular flexibility index (Phi) is 8.45. The van der Waals surface area contributed by atoms with E-state index in [4.69, 9.17) is 5.73 Å². The summed E-state index contributed by atoms with van der Waals surface area (Å²) in [6.07, 6.45) is 15.2. The lowest BCUT2D eigenvalue weighted by atomic mass is 9.82. The molecule has 0 radical (unpaired) electrons. The standard InChI is InChI=1S/C23H39NO/c1-3-4-5-6-7-8-11-19-14-15-22-20(16-19)12-9-10-13-21(22)17-23(2,24)18-25/h14-16,21,25H,3-13,17-18,24H2,1-2H3/t21-,23-/m0/s1. The lowest BCUT2D eigenvalue weighted by Crippen LogP contribution is -2.41. The average molecular weight is 346 g/mol. The van der Waals surface area contributed by atoms with E-state index >= 15 is 0 Å². The third-order valence-electron chi connectivity index (χ3n) is 5.79. The van der Waals surface area contributed by atoms with Gasteiger partial charge in [0, 0.05) is 5.54 Å². The summed E-state index contributed by atoms with van der Waals surface area (Å²) in [6, 6.07) is 7.17. The largest absolute Gasteiger partial charge is 0.394 e. The van der Waals surface area contributed by atoms with Gasteiger partial charge in [-0.3, -0.25) is 0 Å². The van der Waals surface area contributed by atoms with Crippen LogP contribution in [0.4, 0.5) is 0 Å². The normalized spacial score (nSPS) is 19.9. The molecule has 0 heterocycles. The van der Waals surface area contributed by atoms with E-state index in [1.54, 1.807) is 5.56 Å². The number of fused-ring (bicyclic) bond motifs is 1. The highest BCUT2D eigenvalue weighted by molar-refractivity contribution is 5.36. The Morgan fingerprint density at radius 3 is 2.64 bits per heavy atom. The monoisotopic (exact) mass is 345 g/mol. The molecule has 0 amide bonds. The van der Waals surface area contributed by atoms with Crippen molar-refractivity contribution in [1.29, 1.82) is 0 Å². The molecular weight excluding hydrogens is 306 g/mol. The molecule has 0 bridgehead atoms. The van der Waals surface area contributed by atoms with E-state index in [0.29, 0.717) is 5.92 Å². The van der Waals surface area contributed by atoms with Crippen LogP contribution < -0.4 is 5.73 Å². The van der Waals surface area contributed by atoms with Crippen molar-refractivity contribution in [2.75, 3.05) is 6.61 Å². The molecule has 2 heteroatoms. The van der Waals surface area contributed by atoms with Gasteiger partial charge in [-0.2, -0.15) is 0 Å². The molecule has 142 valence electrons. The van der Waals surface area contributed by atoms with Crippen LogP contribution in [-0.2, 0) is 12.8 Å².